The fourth-order valence-electron chi connectivity index (χ4n) is 3.65. The predicted molar refractivity (Wildman–Crippen MR) is 117 cm³/mol. The van der Waals surface area contributed by atoms with E-state index in [4.69, 9.17) is 20.9 Å². The summed E-state index contributed by atoms with van der Waals surface area (Å²) in [6.45, 7) is 5.71. The minimum absolute atomic E-state index is 0. The Morgan fingerprint density at radius 3 is 1.24 bits per heavy atom. The summed E-state index contributed by atoms with van der Waals surface area (Å²) in [7, 11) is 0. The van der Waals surface area contributed by atoms with E-state index in [1.165, 1.54) is 26.7 Å². The van der Waals surface area contributed by atoms with E-state index in [2.05, 4.69) is 0 Å². The molecule has 0 spiro atoms. The van der Waals surface area contributed by atoms with Crippen molar-refractivity contribution in [2.24, 2.45) is 23.3 Å². The molecule has 4 unspecified atom stereocenters. The Bertz CT molecular complexity index is 661. The molecule has 2 heterocycles. The van der Waals surface area contributed by atoms with E-state index in [-0.39, 0.29) is 75.2 Å². The first-order valence-electron chi connectivity index (χ1n) is 10.8. The third-order valence-corrected chi connectivity index (χ3v) is 5.42. The van der Waals surface area contributed by atoms with Gasteiger partial charge >= 0.3 is 11.9 Å². The summed E-state index contributed by atoms with van der Waals surface area (Å²) in [5, 5.41) is 0. The average molecular weight is 668 g/mol. The van der Waals surface area contributed by atoms with Gasteiger partial charge in [-0.2, -0.15) is 0 Å². The van der Waals surface area contributed by atoms with Crippen molar-refractivity contribution in [3.63, 3.8) is 0 Å². The van der Waals surface area contributed by atoms with Crippen LogP contribution < -0.4 is 11.5 Å². The van der Waals surface area contributed by atoms with Crippen molar-refractivity contribution in [1.82, 2.24) is 0 Å². The SMILES string of the molecule is CC(=O)C1C(=O)CC(C)OC1=O.CC(=O)C1C(=O)CC(C)OC1=O.N[C@@H]1CCCC[C@H]1N.O.[Pt]. The van der Waals surface area contributed by atoms with Crippen molar-refractivity contribution in [2.45, 2.75) is 90.5 Å². The summed E-state index contributed by atoms with van der Waals surface area (Å²) in [6, 6.07) is 0.562. The van der Waals surface area contributed by atoms with Crippen molar-refractivity contribution in [3.8, 4) is 0 Å². The van der Waals surface area contributed by atoms with Crippen molar-refractivity contribution in [3.05, 3.63) is 0 Å². The molecule has 198 valence electrons. The molecule has 12 heteroatoms. The van der Waals surface area contributed by atoms with Crippen molar-refractivity contribution in [2.75, 3.05) is 0 Å². The summed E-state index contributed by atoms with van der Waals surface area (Å²) in [5.74, 6) is -5.26. The minimum atomic E-state index is -1.17. The van der Waals surface area contributed by atoms with Crippen LogP contribution >= 0.6 is 0 Å². The third kappa shape index (κ3) is 10.6. The normalized spacial score (nSPS) is 30.4. The maximum Gasteiger partial charge on any atom is 0.324 e. The number of hydrogen-bond acceptors (Lipinski definition) is 10. The molecule has 3 rings (SSSR count). The molecule has 0 bridgehead atoms. The van der Waals surface area contributed by atoms with Gasteiger partial charge in [-0.1, -0.05) is 12.8 Å². The van der Waals surface area contributed by atoms with Crippen LogP contribution in [0.4, 0.5) is 0 Å². The Morgan fingerprint density at radius 2 is 1.03 bits per heavy atom. The van der Waals surface area contributed by atoms with Crippen LogP contribution in [0.25, 0.3) is 0 Å². The second kappa shape index (κ2) is 16.0. The van der Waals surface area contributed by atoms with Crippen LogP contribution in [0.3, 0.4) is 0 Å². The summed E-state index contributed by atoms with van der Waals surface area (Å²) >= 11 is 0. The number of rotatable bonds is 2. The topological polar surface area (TPSA) is 204 Å². The van der Waals surface area contributed by atoms with Crippen molar-refractivity contribution < 1.29 is 64.8 Å². The van der Waals surface area contributed by atoms with Crippen LogP contribution in [0, 0.1) is 11.8 Å². The van der Waals surface area contributed by atoms with Crippen LogP contribution in [0.2, 0.25) is 0 Å². The van der Waals surface area contributed by atoms with E-state index in [0.29, 0.717) is 0 Å². The fourth-order valence-corrected chi connectivity index (χ4v) is 3.65. The maximum absolute atomic E-state index is 11.1. The van der Waals surface area contributed by atoms with E-state index >= 15 is 0 Å². The number of hydrogen-bond donors (Lipinski definition) is 2. The van der Waals surface area contributed by atoms with E-state index in [1.807, 2.05) is 0 Å². The first-order chi connectivity index (χ1) is 14.8. The van der Waals surface area contributed by atoms with Gasteiger partial charge in [0.15, 0.2) is 35.0 Å². The van der Waals surface area contributed by atoms with Crippen LogP contribution in [0.15, 0.2) is 0 Å². The number of carbonyl (C=O) groups excluding carboxylic acids is 6. The number of nitrogens with two attached hydrogens (primary N) is 2. The molecule has 11 nitrogen and oxygen atoms in total. The molecule has 1 aliphatic carbocycles. The number of ether oxygens (including phenoxy) is 2. The molecule has 6 N–H and O–H groups in total. The Morgan fingerprint density at radius 1 is 0.735 bits per heavy atom. The van der Waals surface area contributed by atoms with Gasteiger partial charge in [-0.3, -0.25) is 28.8 Å². The second-order valence-electron chi connectivity index (χ2n) is 8.54. The quantitative estimate of drug-likeness (QED) is 0.288. The molecule has 0 aromatic rings. The zero-order valence-electron chi connectivity index (χ0n) is 19.9. The predicted octanol–water partition coefficient (Wildman–Crippen LogP) is -0.420. The van der Waals surface area contributed by atoms with E-state index in [0.717, 1.165) is 12.8 Å². The smallest absolute Gasteiger partial charge is 0.324 e. The average Bonchev–Trinajstić information content (AvgIpc) is 2.63. The zero-order chi connectivity index (χ0) is 24.6. The molecule has 0 amide bonds. The molecular weight excluding hydrogens is 631 g/mol. The first kappa shape index (κ1) is 34.4. The monoisotopic (exact) mass is 667 g/mol. The van der Waals surface area contributed by atoms with Gasteiger partial charge in [0.2, 0.25) is 0 Å². The van der Waals surface area contributed by atoms with Gasteiger partial charge in [0.1, 0.15) is 12.2 Å². The molecular formula is C22H36N2O9Pt. The van der Waals surface area contributed by atoms with Gasteiger partial charge < -0.3 is 26.4 Å². The Kier molecular flexibility index (Phi) is 16.1. The third-order valence-electron chi connectivity index (χ3n) is 5.42. The zero-order valence-corrected chi connectivity index (χ0v) is 22.2. The van der Waals surface area contributed by atoms with Gasteiger partial charge in [0.25, 0.3) is 0 Å². The standard InChI is InChI=1S/2C8H10O4.C6H14N2.H2O.Pt/c2*1-4-3-6(10)7(5(2)9)8(11)12-4;7-5-3-1-2-4-6(5)8;;/h2*4,7H,3H2,1-2H3;5-6H,1-4,7-8H2;1H2;/t;;5-,6-;;/m..1../s1. The summed E-state index contributed by atoms with van der Waals surface area (Å²) in [4.78, 5) is 65.9. The molecule has 2 aliphatic heterocycles. The summed E-state index contributed by atoms with van der Waals surface area (Å²) in [6.07, 6.45) is 4.32. The Balaban J connectivity index is 0. The van der Waals surface area contributed by atoms with E-state index < -0.39 is 35.3 Å². The molecule has 2 saturated heterocycles. The van der Waals surface area contributed by atoms with Gasteiger partial charge in [0, 0.05) is 46.0 Å². The van der Waals surface area contributed by atoms with Gasteiger partial charge in [0.05, 0.1) is 0 Å². The van der Waals surface area contributed by atoms with Crippen molar-refractivity contribution >= 4 is 35.1 Å². The van der Waals surface area contributed by atoms with Crippen molar-refractivity contribution in [1.29, 1.82) is 0 Å². The molecule has 3 fully saturated rings. The van der Waals surface area contributed by atoms with Gasteiger partial charge in [-0.15, -0.1) is 0 Å². The van der Waals surface area contributed by atoms with Gasteiger partial charge in [-0.25, -0.2) is 0 Å². The molecule has 6 atom stereocenters. The number of Topliss-reactive ketones (excluding diaryl/α,β-unsaturated/α-hetero) is 4. The second-order valence-corrected chi connectivity index (χ2v) is 8.54. The summed E-state index contributed by atoms with van der Waals surface area (Å²) < 4.78 is 9.50. The number of carbonyl (C=O) groups is 6. The van der Waals surface area contributed by atoms with E-state index in [9.17, 15) is 28.8 Å². The minimum Gasteiger partial charge on any atom is -0.461 e. The van der Waals surface area contributed by atoms with E-state index in [1.54, 1.807) is 13.8 Å². The maximum atomic E-state index is 11.1. The molecule has 0 aromatic heterocycles. The number of ketones is 4. The fraction of sp³-hybridized carbons (Fsp3) is 0.727. The first-order valence-corrected chi connectivity index (χ1v) is 10.8. The Hall–Kier alpha value is -1.81. The number of cyclic esters (lactones) is 2. The summed E-state index contributed by atoms with van der Waals surface area (Å²) in [5.41, 5.74) is 11.3. The largest absolute Gasteiger partial charge is 0.461 e. The van der Waals surface area contributed by atoms with Gasteiger partial charge in [-0.05, 0) is 40.5 Å². The van der Waals surface area contributed by atoms with Crippen LogP contribution in [0.1, 0.15) is 66.2 Å². The molecule has 0 aromatic carbocycles. The molecule has 34 heavy (non-hydrogen) atoms. The Labute approximate surface area is 213 Å². The molecule has 1 saturated carbocycles. The van der Waals surface area contributed by atoms with Crippen LogP contribution in [-0.4, -0.2) is 64.8 Å². The molecule has 0 radical (unpaired) electrons. The number of esters is 2. The molecule has 3 aliphatic rings. The van der Waals surface area contributed by atoms with Crippen LogP contribution in [-0.2, 0) is 59.3 Å². The van der Waals surface area contributed by atoms with Crippen LogP contribution in [0.5, 0.6) is 0 Å².